The summed E-state index contributed by atoms with van der Waals surface area (Å²) in [6.07, 6.45) is -1.58. The van der Waals surface area contributed by atoms with Gasteiger partial charge < -0.3 is 4.79 Å². The van der Waals surface area contributed by atoms with E-state index in [0.29, 0.717) is 0 Å². The van der Waals surface area contributed by atoms with Crippen LogP contribution >= 0.6 is 0 Å². The lowest BCUT2D eigenvalue weighted by molar-refractivity contribution is -0.537. The minimum Gasteiger partial charge on any atom is -0.300 e. The van der Waals surface area contributed by atoms with Gasteiger partial charge in [0.25, 0.3) is 0 Å². The molecule has 0 radical (unpaired) electrons. The molecule has 0 heterocycles. The van der Waals surface area contributed by atoms with Gasteiger partial charge in [-0.2, -0.15) is 0 Å². The Labute approximate surface area is 91.7 Å². The number of carbonyl (C=O) groups excluding carboxylic acids is 1. The Morgan fingerprint density at radius 3 is 2.06 bits per heavy atom. The highest BCUT2D eigenvalue weighted by molar-refractivity contribution is 5.75. The van der Waals surface area contributed by atoms with Crippen molar-refractivity contribution < 1.29 is 35.3 Å². The average molecular weight is 240 g/mol. The van der Waals surface area contributed by atoms with Crippen LogP contribution < -0.4 is 0 Å². The van der Waals surface area contributed by atoms with E-state index in [1.165, 1.54) is 13.8 Å². The second-order valence-corrected chi connectivity index (χ2v) is 3.20. The Hall–Kier alpha value is -0.650. The molecule has 0 rings (SSSR count). The molecule has 0 aromatic carbocycles. The van der Waals surface area contributed by atoms with E-state index in [-0.39, 0.29) is 18.6 Å². The van der Waals surface area contributed by atoms with Crippen LogP contribution in [0.1, 0.15) is 26.7 Å². The number of carbonyl (C=O) groups is 1. The normalized spacial score (nSPS) is 15.5. The van der Waals surface area contributed by atoms with Gasteiger partial charge in [0.2, 0.25) is 0 Å². The Morgan fingerprint density at radius 2 is 1.69 bits per heavy atom. The molecular formula is C7H16N2O7. The van der Waals surface area contributed by atoms with Crippen molar-refractivity contribution in [3.8, 4) is 0 Å². The smallest absolute Gasteiger partial charge is 0.129 e. The molecule has 9 heteroatoms. The van der Waals surface area contributed by atoms with Crippen molar-refractivity contribution in [2.75, 3.05) is 0 Å². The van der Waals surface area contributed by atoms with Crippen molar-refractivity contribution >= 4 is 5.78 Å². The van der Waals surface area contributed by atoms with E-state index in [0.717, 1.165) is 0 Å². The fourth-order valence-electron chi connectivity index (χ4n) is 1.06. The second kappa shape index (κ2) is 7.60. The van der Waals surface area contributed by atoms with Crippen molar-refractivity contribution in [3.05, 3.63) is 0 Å². The molecule has 4 N–H and O–H groups in total. The monoisotopic (exact) mass is 240 g/mol. The van der Waals surface area contributed by atoms with E-state index in [1.807, 2.05) is 0 Å². The van der Waals surface area contributed by atoms with Crippen LogP contribution in [0, 0.1) is 0 Å². The van der Waals surface area contributed by atoms with Gasteiger partial charge in [-0.05, 0) is 20.3 Å². The van der Waals surface area contributed by atoms with Crippen molar-refractivity contribution in [2.45, 2.75) is 38.9 Å². The van der Waals surface area contributed by atoms with Crippen molar-refractivity contribution in [1.82, 2.24) is 10.8 Å². The highest BCUT2D eigenvalue weighted by Gasteiger charge is 2.24. The third kappa shape index (κ3) is 7.62. The Balaban J connectivity index is 4.22. The topological polar surface area (TPSA) is 123 Å². The summed E-state index contributed by atoms with van der Waals surface area (Å²) < 4.78 is 0. The number of hydrogen-bond donors (Lipinski definition) is 4. The molecule has 96 valence electrons. The molecule has 0 aliphatic rings. The first-order chi connectivity index (χ1) is 7.32. The lowest BCUT2D eigenvalue weighted by Crippen LogP contribution is -2.37. The standard InChI is InChI=1S/C7H16N2O7/c1-5(10)3-4-7(16-9(13)14)6(2)15-8(11)12/h6-7,11-14H,3-4H2,1-2H3/t6-,7-/m1/s1. The predicted octanol–water partition coefficient (Wildman–Crippen LogP) is 0.137. The molecule has 0 aromatic rings. The second-order valence-electron chi connectivity index (χ2n) is 3.20. The predicted molar refractivity (Wildman–Crippen MR) is 46.2 cm³/mol. The van der Waals surface area contributed by atoms with Gasteiger partial charge in [-0.3, -0.25) is 20.8 Å². The Kier molecular flexibility index (Phi) is 7.29. The summed E-state index contributed by atoms with van der Waals surface area (Å²) >= 11 is 0. The zero-order chi connectivity index (χ0) is 12.7. The molecule has 0 spiro atoms. The van der Waals surface area contributed by atoms with E-state index >= 15 is 0 Å². The molecule has 0 aliphatic carbocycles. The summed E-state index contributed by atoms with van der Waals surface area (Å²) in [5, 5.41) is 32.7. The van der Waals surface area contributed by atoms with Gasteiger partial charge in [0, 0.05) is 6.42 Å². The van der Waals surface area contributed by atoms with E-state index in [4.69, 9.17) is 20.8 Å². The van der Waals surface area contributed by atoms with Gasteiger partial charge >= 0.3 is 0 Å². The summed E-state index contributed by atoms with van der Waals surface area (Å²) in [5.74, 6) is -0.118. The van der Waals surface area contributed by atoms with E-state index in [9.17, 15) is 4.79 Å². The fraction of sp³-hybridized carbons (Fsp3) is 0.857. The van der Waals surface area contributed by atoms with Gasteiger partial charge in [-0.15, -0.1) is 0 Å². The number of nitrogens with zero attached hydrogens (tertiary/aromatic N) is 2. The minimum atomic E-state index is -0.930. The zero-order valence-electron chi connectivity index (χ0n) is 8.98. The van der Waals surface area contributed by atoms with Gasteiger partial charge in [0.1, 0.15) is 18.0 Å². The number of rotatable bonds is 8. The Bertz CT molecular complexity index is 211. The van der Waals surface area contributed by atoms with Crippen molar-refractivity contribution in [3.63, 3.8) is 0 Å². The fourth-order valence-corrected chi connectivity index (χ4v) is 1.06. The summed E-state index contributed by atoms with van der Waals surface area (Å²) in [7, 11) is 0. The van der Waals surface area contributed by atoms with Crippen LogP contribution in [-0.2, 0) is 14.5 Å². The molecule has 0 fully saturated rings. The van der Waals surface area contributed by atoms with E-state index in [2.05, 4.69) is 9.68 Å². The van der Waals surface area contributed by atoms with E-state index in [1.54, 1.807) is 0 Å². The number of ketones is 1. The molecule has 0 aromatic heterocycles. The van der Waals surface area contributed by atoms with Gasteiger partial charge in [0.05, 0.1) is 10.8 Å². The Morgan fingerprint density at radius 1 is 1.19 bits per heavy atom. The van der Waals surface area contributed by atoms with Crippen LogP contribution in [0.5, 0.6) is 0 Å². The molecular weight excluding hydrogens is 224 g/mol. The number of Topliss-reactive ketones (excluding diaryl/α,β-unsaturated/α-hetero) is 1. The van der Waals surface area contributed by atoms with Crippen LogP contribution in [-0.4, -0.2) is 49.6 Å². The molecule has 16 heavy (non-hydrogen) atoms. The SMILES string of the molecule is CC(=O)CC[C@@H](ON(O)O)[C@@H](C)ON(O)O. The van der Waals surface area contributed by atoms with E-state index < -0.39 is 23.0 Å². The van der Waals surface area contributed by atoms with Gasteiger partial charge in [0.15, 0.2) is 0 Å². The molecule has 0 bridgehead atoms. The molecule has 0 unspecified atom stereocenters. The summed E-state index contributed by atoms with van der Waals surface area (Å²) in [4.78, 5) is 19.6. The molecule has 2 atom stereocenters. The summed E-state index contributed by atoms with van der Waals surface area (Å²) in [6.45, 7) is 2.76. The maximum absolute atomic E-state index is 10.7. The summed E-state index contributed by atoms with van der Waals surface area (Å²) in [5.41, 5.74) is 0. The molecule has 0 amide bonds. The number of hydrogen-bond acceptors (Lipinski definition) is 9. The van der Waals surface area contributed by atoms with Gasteiger partial charge in [-0.25, -0.2) is 9.68 Å². The average Bonchev–Trinajstić information content (AvgIpc) is 2.09. The summed E-state index contributed by atoms with van der Waals surface area (Å²) in [6, 6.07) is 0. The van der Waals surface area contributed by atoms with Crippen molar-refractivity contribution in [1.29, 1.82) is 0 Å². The van der Waals surface area contributed by atoms with Crippen LogP contribution in [0.25, 0.3) is 0 Å². The van der Waals surface area contributed by atoms with Crippen LogP contribution in [0.3, 0.4) is 0 Å². The highest BCUT2D eigenvalue weighted by atomic mass is 17.1. The molecule has 0 aliphatic heterocycles. The van der Waals surface area contributed by atoms with Crippen molar-refractivity contribution in [2.24, 2.45) is 0 Å². The molecule has 0 saturated carbocycles. The lowest BCUT2D eigenvalue weighted by atomic mass is 10.1. The first-order valence-corrected chi connectivity index (χ1v) is 4.51. The maximum atomic E-state index is 10.7. The van der Waals surface area contributed by atoms with Crippen LogP contribution in [0.2, 0.25) is 0 Å². The molecule has 9 nitrogen and oxygen atoms in total. The molecule has 0 saturated heterocycles. The first-order valence-electron chi connectivity index (χ1n) is 4.51. The van der Waals surface area contributed by atoms with Crippen LogP contribution in [0.4, 0.5) is 0 Å². The quantitative estimate of drug-likeness (QED) is 0.438. The maximum Gasteiger partial charge on any atom is 0.129 e. The third-order valence-corrected chi connectivity index (χ3v) is 1.79. The first kappa shape index (κ1) is 15.3. The lowest BCUT2D eigenvalue weighted by Gasteiger charge is -2.24. The largest absolute Gasteiger partial charge is 0.300 e. The third-order valence-electron chi connectivity index (χ3n) is 1.79. The minimum absolute atomic E-state index is 0.118. The van der Waals surface area contributed by atoms with Crippen LogP contribution in [0.15, 0.2) is 0 Å². The zero-order valence-corrected chi connectivity index (χ0v) is 8.98. The highest BCUT2D eigenvalue weighted by Crippen LogP contribution is 2.12. The van der Waals surface area contributed by atoms with Gasteiger partial charge in [-0.1, -0.05) is 0 Å².